The lowest BCUT2D eigenvalue weighted by molar-refractivity contribution is 0.214. The van der Waals surface area contributed by atoms with Crippen molar-refractivity contribution < 1.29 is 9.90 Å². The van der Waals surface area contributed by atoms with Crippen LogP contribution in [0.4, 0.5) is 4.79 Å². The Labute approximate surface area is 137 Å². The van der Waals surface area contributed by atoms with Crippen molar-refractivity contribution in [1.82, 2.24) is 10.6 Å². The topological polar surface area (TPSA) is 61.4 Å². The van der Waals surface area contributed by atoms with E-state index in [1.54, 1.807) is 0 Å². The summed E-state index contributed by atoms with van der Waals surface area (Å²) >= 11 is 0. The van der Waals surface area contributed by atoms with E-state index in [0.717, 1.165) is 11.1 Å². The summed E-state index contributed by atoms with van der Waals surface area (Å²) in [6, 6.07) is 19.8. The number of amides is 2. The molecule has 4 nitrogen and oxygen atoms in total. The summed E-state index contributed by atoms with van der Waals surface area (Å²) in [6.45, 7) is 2.38. The molecule has 1 unspecified atom stereocenters. The largest absolute Gasteiger partial charge is 0.394 e. The molecule has 0 fully saturated rings. The second kappa shape index (κ2) is 8.96. The lowest BCUT2D eigenvalue weighted by Crippen LogP contribution is -2.44. The molecule has 0 heterocycles. The summed E-state index contributed by atoms with van der Waals surface area (Å²) in [5.74, 6) is 0.0948. The molecule has 0 aromatic heterocycles. The van der Waals surface area contributed by atoms with E-state index in [1.165, 1.54) is 0 Å². The summed E-state index contributed by atoms with van der Waals surface area (Å²) in [5.41, 5.74) is 2.32. The van der Waals surface area contributed by atoms with Crippen molar-refractivity contribution >= 4 is 6.03 Å². The van der Waals surface area contributed by atoms with Gasteiger partial charge < -0.3 is 15.7 Å². The molecule has 2 aromatic carbocycles. The van der Waals surface area contributed by atoms with E-state index in [1.807, 2.05) is 43.3 Å². The van der Waals surface area contributed by atoms with Crippen molar-refractivity contribution in [2.24, 2.45) is 0 Å². The standard InChI is InChI=1S/C19H24N2O2/c1-2-17(14-22)21-19(23)20-13-18(15-9-5-3-6-10-15)16-11-7-4-8-12-16/h3-12,17-18,22H,2,13-14H2,1H3,(H2,20,21,23). The summed E-state index contributed by atoms with van der Waals surface area (Å²) in [7, 11) is 0. The van der Waals surface area contributed by atoms with Gasteiger partial charge in [0.25, 0.3) is 0 Å². The molecule has 0 spiro atoms. The summed E-state index contributed by atoms with van der Waals surface area (Å²) < 4.78 is 0. The van der Waals surface area contributed by atoms with E-state index in [4.69, 9.17) is 5.11 Å². The lowest BCUT2D eigenvalue weighted by Gasteiger charge is -2.20. The predicted molar refractivity (Wildman–Crippen MR) is 92.4 cm³/mol. The van der Waals surface area contributed by atoms with Crippen LogP contribution in [0.1, 0.15) is 30.4 Å². The minimum Gasteiger partial charge on any atom is -0.394 e. The number of urea groups is 1. The highest BCUT2D eigenvalue weighted by molar-refractivity contribution is 5.74. The number of aliphatic hydroxyl groups is 1. The van der Waals surface area contributed by atoms with Crippen molar-refractivity contribution in [3.05, 3.63) is 71.8 Å². The first-order valence-corrected chi connectivity index (χ1v) is 7.99. The fourth-order valence-corrected chi connectivity index (χ4v) is 2.51. The number of carbonyl (C=O) groups is 1. The van der Waals surface area contributed by atoms with E-state index in [2.05, 4.69) is 34.9 Å². The first kappa shape index (κ1) is 17.0. The second-order valence-corrected chi connectivity index (χ2v) is 5.52. The molecule has 2 rings (SSSR count). The predicted octanol–water partition coefficient (Wildman–Crippen LogP) is 2.89. The minimum atomic E-state index is -0.247. The van der Waals surface area contributed by atoms with Gasteiger partial charge in [-0.3, -0.25) is 0 Å². The van der Waals surface area contributed by atoms with E-state index in [0.29, 0.717) is 13.0 Å². The van der Waals surface area contributed by atoms with Crippen LogP contribution >= 0.6 is 0 Å². The highest BCUT2D eigenvalue weighted by atomic mass is 16.3. The maximum Gasteiger partial charge on any atom is 0.315 e. The van der Waals surface area contributed by atoms with Gasteiger partial charge in [0.05, 0.1) is 12.6 Å². The summed E-state index contributed by atoms with van der Waals surface area (Å²) in [4.78, 5) is 12.0. The number of hydrogen-bond donors (Lipinski definition) is 3. The van der Waals surface area contributed by atoms with Crippen LogP contribution in [0.25, 0.3) is 0 Å². The first-order chi connectivity index (χ1) is 11.2. The molecule has 0 aliphatic rings. The Hall–Kier alpha value is -2.33. The Morgan fingerprint density at radius 3 is 1.96 bits per heavy atom. The molecule has 0 aliphatic carbocycles. The third-order valence-electron chi connectivity index (χ3n) is 3.92. The molecule has 0 aliphatic heterocycles. The van der Waals surface area contributed by atoms with Crippen molar-refractivity contribution in [2.75, 3.05) is 13.2 Å². The van der Waals surface area contributed by atoms with E-state index < -0.39 is 0 Å². The van der Waals surface area contributed by atoms with Crippen molar-refractivity contribution in [2.45, 2.75) is 25.3 Å². The molecule has 1 atom stereocenters. The van der Waals surface area contributed by atoms with E-state index >= 15 is 0 Å². The summed E-state index contributed by atoms with van der Waals surface area (Å²) in [5, 5.41) is 14.9. The Morgan fingerprint density at radius 2 is 1.52 bits per heavy atom. The van der Waals surface area contributed by atoms with Crippen molar-refractivity contribution in [1.29, 1.82) is 0 Å². The van der Waals surface area contributed by atoms with Gasteiger partial charge in [-0.25, -0.2) is 4.79 Å². The zero-order valence-electron chi connectivity index (χ0n) is 13.4. The lowest BCUT2D eigenvalue weighted by atomic mass is 9.91. The molecule has 2 aromatic rings. The second-order valence-electron chi connectivity index (χ2n) is 5.52. The maximum absolute atomic E-state index is 12.0. The summed E-state index contributed by atoms with van der Waals surface area (Å²) in [6.07, 6.45) is 0.699. The smallest absolute Gasteiger partial charge is 0.315 e. The zero-order valence-corrected chi connectivity index (χ0v) is 13.4. The van der Waals surface area contributed by atoms with E-state index in [-0.39, 0.29) is 24.6 Å². The maximum atomic E-state index is 12.0. The SMILES string of the molecule is CCC(CO)NC(=O)NCC(c1ccccc1)c1ccccc1. The first-order valence-electron chi connectivity index (χ1n) is 7.99. The average molecular weight is 312 g/mol. The number of hydrogen-bond acceptors (Lipinski definition) is 2. The quantitative estimate of drug-likeness (QED) is 0.736. The highest BCUT2D eigenvalue weighted by Crippen LogP contribution is 2.23. The molecule has 4 heteroatoms. The highest BCUT2D eigenvalue weighted by Gasteiger charge is 2.16. The number of aliphatic hydroxyl groups excluding tert-OH is 1. The molecule has 23 heavy (non-hydrogen) atoms. The van der Waals surface area contributed by atoms with Gasteiger partial charge in [-0.1, -0.05) is 67.6 Å². The molecular weight excluding hydrogens is 288 g/mol. The molecule has 122 valence electrons. The molecule has 0 bridgehead atoms. The van der Waals surface area contributed by atoms with Crippen LogP contribution in [0.2, 0.25) is 0 Å². The number of nitrogens with one attached hydrogen (secondary N) is 2. The van der Waals surface area contributed by atoms with Gasteiger partial charge in [-0.2, -0.15) is 0 Å². The fourth-order valence-electron chi connectivity index (χ4n) is 2.51. The number of rotatable bonds is 7. The molecule has 2 amide bonds. The molecule has 0 saturated heterocycles. The van der Waals surface area contributed by atoms with E-state index in [9.17, 15) is 4.79 Å². The van der Waals surface area contributed by atoms with Crippen LogP contribution in [0.3, 0.4) is 0 Å². The molecule has 0 radical (unpaired) electrons. The van der Waals surface area contributed by atoms with Crippen LogP contribution in [-0.2, 0) is 0 Å². The van der Waals surface area contributed by atoms with Crippen LogP contribution in [0.15, 0.2) is 60.7 Å². The third kappa shape index (κ3) is 5.11. The number of carbonyl (C=O) groups excluding carboxylic acids is 1. The number of benzene rings is 2. The minimum absolute atomic E-state index is 0.0509. The van der Waals surface area contributed by atoms with Crippen LogP contribution in [0.5, 0.6) is 0 Å². The van der Waals surface area contributed by atoms with Gasteiger partial charge in [0.15, 0.2) is 0 Å². The Kier molecular flexibility index (Phi) is 6.63. The Bertz CT molecular complexity index is 543. The fraction of sp³-hybridized carbons (Fsp3) is 0.316. The van der Waals surface area contributed by atoms with Gasteiger partial charge in [0.2, 0.25) is 0 Å². The Balaban J connectivity index is 2.06. The average Bonchev–Trinajstić information content (AvgIpc) is 2.61. The molecular formula is C19H24N2O2. The molecule has 0 saturated carbocycles. The third-order valence-corrected chi connectivity index (χ3v) is 3.92. The van der Waals surface area contributed by atoms with Crippen molar-refractivity contribution in [3.63, 3.8) is 0 Å². The van der Waals surface area contributed by atoms with Crippen LogP contribution in [0, 0.1) is 0 Å². The van der Waals surface area contributed by atoms with Gasteiger partial charge in [-0.15, -0.1) is 0 Å². The Morgan fingerprint density at radius 1 is 1.00 bits per heavy atom. The van der Waals surface area contributed by atoms with Crippen LogP contribution in [-0.4, -0.2) is 30.3 Å². The molecule has 3 N–H and O–H groups in total. The zero-order chi connectivity index (χ0) is 16.5. The normalized spacial score (nSPS) is 12.0. The van der Waals surface area contributed by atoms with Crippen molar-refractivity contribution in [3.8, 4) is 0 Å². The monoisotopic (exact) mass is 312 g/mol. The van der Waals surface area contributed by atoms with Gasteiger partial charge in [-0.05, 0) is 17.5 Å². The van der Waals surface area contributed by atoms with Crippen LogP contribution < -0.4 is 10.6 Å². The van der Waals surface area contributed by atoms with Gasteiger partial charge in [0.1, 0.15) is 0 Å². The van der Waals surface area contributed by atoms with Gasteiger partial charge >= 0.3 is 6.03 Å². The van der Waals surface area contributed by atoms with Gasteiger partial charge in [0, 0.05) is 12.5 Å².